The largest absolute Gasteiger partial charge is 0.497 e. The Kier molecular flexibility index (Phi) is 4.17. The van der Waals surface area contributed by atoms with Gasteiger partial charge in [-0.05, 0) is 12.1 Å². The van der Waals surface area contributed by atoms with Crippen LogP contribution in [0.25, 0.3) is 0 Å². The zero-order valence-electron chi connectivity index (χ0n) is 11.0. The second-order valence-corrected chi connectivity index (χ2v) is 4.95. The van der Waals surface area contributed by atoms with Crippen LogP contribution in [0.3, 0.4) is 0 Å². The zero-order chi connectivity index (χ0) is 15.6. The van der Waals surface area contributed by atoms with Crippen molar-refractivity contribution in [2.24, 2.45) is 0 Å². The van der Waals surface area contributed by atoms with Gasteiger partial charge in [0.25, 0.3) is 0 Å². The number of alkyl halides is 3. The molecule has 2 rings (SSSR count). The summed E-state index contributed by atoms with van der Waals surface area (Å²) < 4.78 is 47.6. The van der Waals surface area contributed by atoms with Gasteiger partial charge in [0.15, 0.2) is 5.01 Å². The second-order valence-electron chi connectivity index (χ2n) is 3.92. The average Bonchev–Trinajstić information content (AvgIpc) is 2.95. The van der Waals surface area contributed by atoms with Crippen LogP contribution in [-0.4, -0.2) is 25.0 Å². The number of methoxy groups -OCH3 is 2. The Morgan fingerprint density at radius 1 is 1.24 bits per heavy atom. The molecular formula is C13H10F3NO3S. The number of nitrogens with zero attached hydrogens (tertiary/aromatic N) is 1. The lowest BCUT2D eigenvalue weighted by Crippen LogP contribution is -2.03. The molecule has 0 saturated carbocycles. The van der Waals surface area contributed by atoms with Gasteiger partial charge in [-0.1, -0.05) is 0 Å². The summed E-state index contributed by atoms with van der Waals surface area (Å²) in [7, 11) is 2.81. The first-order chi connectivity index (χ1) is 9.86. The summed E-state index contributed by atoms with van der Waals surface area (Å²) in [5, 5.41) is -1.06. The van der Waals surface area contributed by atoms with Crippen LogP contribution in [0.5, 0.6) is 11.5 Å². The van der Waals surface area contributed by atoms with E-state index < -0.39 is 17.0 Å². The van der Waals surface area contributed by atoms with Gasteiger partial charge < -0.3 is 9.47 Å². The van der Waals surface area contributed by atoms with Crippen molar-refractivity contribution in [1.29, 1.82) is 0 Å². The maximum Gasteiger partial charge on any atom is 0.443 e. The van der Waals surface area contributed by atoms with Crippen molar-refractivity contribution in [3.63, 3.8) is 0 Å². The summed E-state index contributed by atoms with van der Waals surface area (Å²) in [6.07, 6.45) is -3.65. The SMILES string of the molecule is COc1ccc(C(=O)c2cnc(C(F)(F)F)s2)c(OC)c1. The van der Waals surface area contributed by atoms with Crippen LogP contribution in [0.2, 0.25) is 0 Å². The van der Waals surface area contributed by atoms with Gasteiger partial charge in [0.1, 0.15) is 11.5 Å². The van der Waals surface area contributed by atoms with Crippen molar-refractivity contribution < 1.29 is 27.4 Å². The van der Waals surface area contributed by atoms with Crippen LogP contribution in [0.4, 0.5) is 13.2 Å². The highest BCUT2D eigenvalue weighted by molar-refractivity contribution is 7.14. The molecule has 0 bridgehead atoms. The summed E-state index contributed by atoms with van der Waals surface area (Å²) in [4.78, 5) is 15.4. The van der Waals surface area contributed by atoms with Gasteiger partial charge in [-0.25, -0.2) is 4.98 Å². The molecule has 1 heterocycles. The fraction of sp³-hybridized carbons (Fsp3) is 0.231. The van der Waals surface area contributed by atoms with Crippen molar-refractivity contribution in [1.82, 2.24) is 4.98 Å². The van der Waals surface area contributed by atoms with E-state index in [0.717, 1.165) is 6.20 Å². The van der Waals surface area contributed by atoms with Gasteiger partial charge >= 0.3 is 6.18 Å². The van der Waals surface area contributed by atoms with Crippen molar-refractivity contribution in [3.8, 4) is 11.5 Å². The summed E-state index contributed by atoms with van der Waals surface area (Å²) in [6, 6.07) is 4.45. The number of hydrogen-bond acceptors (Lipinski definition) is 5. The Labute approximate surface area is 122 Å². The molecule has 1 aromatic carbocycles. The molecule has 0 amide bonds. The zero-order valence-corrected chi connectivity index (χ0v) is 11.8. The number of rotatable bonds is 4. The summed E-state index contributed by atoms with van der Waals surface area (Å²) in [5.41, 5.74) is 0.149. The number of benzene rings is 1. The van der Waals surface area contributed by atoms with E-state index in [-0.39, 0.29) is 16.2 Å². The summed E-state index contributed by atoms with van der Waals surface area (Å²) in [5.74, 6) is 0.118. The summed E-state index contributed by atoms with van der Waals surface area (Å²) >= 11 is 0.299. The number of ether oxygens (including phenoxy) is 2. The molecule has 8 heteroatoms. The molecule has 0 aliphatic heterocycles. The molecular weight excluding hydrogens is 307 g/mol. The fourth-order valence-corrected chi connectivity index (χ4v) is 2.37. The minimum atomic E-state index is -4.56. The molecule has 112 valence electrons. The molecule has 0 atom stereocenters. The minimum Gasteiger partial charge on any atom is -0.497 e. The third-order valence-electron chi connectivity index (χ3n) is 2.63. The quantitative estimate of drug-likeness (QED) is 0.811. The molecule has 0 saturated heterocycles. The molecule has 0 N–H and O–H groups in total. The summed E-state index contributed by atoms with van der Waals surface area (Å²) in [6.45, 7) is 0. The molecule has 2 aromatic rings. The van der Waals surface area contributed by atoms with Gasteiger partial charge in [0, 0.05) is 12.3 Å². The van der Waals surface area contributed by atoms with E-state index >= 15 is 0 Å². The Balaban J connectivity index is 2.38. The normalized spacial score (nSPS) is 11.3. The third-order valence-corrected chi connectivity index (χ3v) is 3.67. The van der Waals surface area contributed by atoms with Crippen molar-refractivity contribution in [2.75, 3.05) is 14.2 Å². The van der Waals surface area contributed by atoms with E-state index in [1.807, 2.05) is 0 Å². The molecule has 4 nitrogen and oxygen atoms in total. The lowest BCUT2D eigenvalue weighted by atomic mass is 10.1. The third kappa shape index (κ3) is 3.15. The number of aromatic nitrogens is 1. The predicted octanol–water partition coefficient (Wildman–Crippen LogP) is 3.41. The first-order valence-electron chi connectivity index (χ1n) is 5.66. The Morgan fingerprint density at radius 3 is 2.48 bits per heavy atom. The lowest BCUT2D eigenvalue weighted by molar-refractivity contribution is -0.137. The van der Waals surface area contributed by atoms with Crippen LogP contribution in [0.15, 0.2) is 24.4 Å². The maximum absolute atomic E-state index is 12.5. The Bertz CT molecular complexity index is 667. The van der Waals surface area contributed by atoms with E-state index in [0.29, 0.717) is 17.1 Å². The molecule has 0 spiro atoms. The molecule has 1 aromatic heterocycles. The van der Waals surface area contributed by atoms with Gasteiger partial charge in [0.05, 0.1) is 24.7 Å². The van der Waals surface area contributed by atoms with Crippen LogP contribution in [0, 0.1) is 0 Å². The number of carbonyl (C=O) groups is 1. The molecule has 0 aliphatic carbocycles. The van der Waals surface area contributed by atoms with E-state index in [2.05, 4.69) is 4.98 Å². The maximum atomic E-state index is 12.5. The number of hydrogen-bond donors (Lipinski definition) is 0. The van der Waals surface area contributed by atoms with Gasteiger partial charge in [-0.15, -0.1) is 11.3 Å². The highest BCUT2D eigenvalue weighted by atomic mass is 32.1. The minimum absolute atomic E-state index is 0.106. The number of ketones is 1. The van der Waals surface area contributed by atoms with Crippen molar-refractivity contribution in [3.05, 3.63) is 39.8 Å². The lowest BCUT2D eigenvalue weighted by Gasteiger charge is -2.08. The standard InChI is InChI=1S/C13H10F3NO3S/c1-19-7-3-4-8(9(5-7)20-2)11(18)10-6-17-12(21-10)13(14,15)16/h3-6H,1-2H3. The highest BCUT2D eigenvalue weighted by Gasteiger charge is 2.35. The van der Waals surface area contributed by atoms with Crippen LogP contribution in [-0.2, 0) is 6.18 Å². The monoisotopic (exact) mass is 317 g/mol. The first kappa shape index (κ1) is 15.3. The van der Waals surface area contributed by atoms with Crippen LogP contribution < -0.4 is 9.47 Å². The fourth-order valence-electron chi connectivity index (χ4n) is 1.63. The van der Waals surface area contributed by atoms with E-state index in [9.17, 15) is 18.0 Å². The number of thiazole rings is 1. The van der Waals surface area contributed by atoms with Crippen LogP contribution in [0.1, 0.15) is 20.2 Å². The van der Waals surface area contributed by atoms with E-state index in [1.165, 1.54) is 32.4 Å². The van der Waals surface area contributed by atoms with Gasteiger partial charge in [0.2, 0.25) is 5.78 Å². The smallest absolute Gasteiger partial charge is 0.443 e. The average molecular weight is 317 g/mol. The molecule has 0 aliphatic rings. The first-order valence-corrected chi connectivity index (χ1v) is 6.48. The van der Waals surface area contributed by atoms with Crippen LogP contribution >= 0.6 is 11.3 Å². The number of halogens is 3. The molecule has 0 unspecified atom stereocenters. The Morgan fingerprint density at radius 2 is 1.95 bits per heavy atom. The van der Waals surface area contributed by atoms with E-state index in [4.69, 9.17) is 9.47 Å². The highest BCUT2D eigenvalue weighted by Crippen LogP contribution is 2.34. The van der Waals surface area contributed by atoms with E-state index in [1.54, 1.807) is 0 Å². The van der Waals surface area contributed by atoms with Crippen molar-refractivity contribution >= 4 is 17.1 Å². The molecule has 0 fully saturated rings. The van der Waals surface area contributed by atoms with Crippen molar-refractivity contribution in [2.45, 2.75) is 6.18 Å². The predicted molar refractivity (Wildman–Crippen MR) is 70.1 cm³/mol. The van der Waals surface area contributed by atoms with Gasteiger partial charge in [-0.3, -0.25) is 4.79 Å². The second kappa shape index (κ2) is 5.72. The topological polar surface area (TPSA) is 48.4 Å². The Hall–Kier alpha value is -2.09. The van der Waals surface area contributed by atoms with Gasteiger partial charge in [-0.2, -0.15) is 13.2 Å². The molecule has 21 heavy (non-hydrogen) atoms. The molecule has 0 radical (unpaired) electrons. The number of carbonyl (C=O) groups excluding carboxylic acids is 1.